The van der Waals surface area contributed by atoms with Crippen molar-refractivity contribution in [2.75, 3.05) is 13.1 Å². The highest BCUT2D eigenvalue weighted by atomic mass is 16.6. The molecule has 1 amide bonds. The predicted octanol–water partition coefficient (Wildman–Crippen LogP) is 2.12. The molecule has 0 bridgehead atoms. The molecular weight excluding hydrogens is 270 g/mol. The summed E-state index contributed by atoms with van der Waals surface area (Å²) in [5.74, 6) is 1.33. The molecule has 1 saturated heterocycles. The van der Waals surface area contributed by atoms with E-state index >= 15 is 0 Å². The molecule has 116 valence electrons. The van der Waals surface area contributed by atoms with Gasteiger partial charge >= 0.3 is 6.09 Å². The maximum absolute atomic E-state index is 12.1. The first kappa shape index (κ1) is 14.3. The Morgan fingerprint density at radius 1 is 1.19 bits per heavy atom. The van der Waals surface area contributed by atoms with E-state index in [1.54, 1.807) is 4.90 Å². The van der Waals surface area contributed by atoms with Crippen LogP contribution in [0.5, 0.6) is 0 Å². The van der Waals surface area contributed by atoms with Gasteiger partial charge in [0.25, 0.3) is 0 Å². The van der Waals surface area contributed by atoms with Crippen molar-refractivity contribution < 1.29 is 9.53 Å². The Morgan fingerprint density at radius 3 is 2.43 bits per heavy atom. The van der Waals surface area contributed by atoms with Gasteiger partial charge in [0.2, 0.25) is 0 Å². The van der Waals surface area contributed by atoms with E-state index in [0.29, 0.717) is 25.0 Å². The molecule has 0 atom stereocenters. The van der Waals surface area contributed by atoms with Gasteiger partial charge in [0, 0.05) is 19.0 Å². The van der Waals surface area contributed by atoms with Crippen molar-refractivity contribution in [3.63, 3.8) is 0 Å². The van der Waals surface area contributed by atoms with Crippen molar-refractivity contribution in [1.29, 1.82) is 0 Å². The smallest absolute Gasteiger partial charge is 0.410 e. The van der Waals surface area contributed by atoms with Crippen LogP contribution in [0, 0.1) is 0 Å². The quantitative estimate of drug-likeness (QED) is 0.835. The zero-order chi connectivity index (χ0) is 15.0. The monoisotopic (exact) mass is 293 g/mol. The van der Waals surface area contributed by atoms with Crippen molar-refractivity contribution in [3.8, 4) is 0 Å². The fourth-order valence-corrected chi connectivity index (χ4v) is 2.70. The van der Waals surface area contributed by atoms with Gasteiger partial charge in [0.1, 0.15) is 5.60 Å². The van der Waals surface area contributed by atoms with Gasteiger partial charge in [-0.05, 0) is 56.9 Å². The summed E-state index contributed by atoms with van der Waals surface area (Å²) in [5.41, 5.74) is -0.440. The molecule has 21 heavy (non-hydrogen) atoms. The van der Waals surface area contributed by atoms with Crippen LogP contribution in [-0.4, -0.2) is 49.9 Å². The molecule has 0 aromatic carbocycles. The van der Waals surface area contributed by atoms with Crippen LogP contribution in [0.25, 0.3) is 0 Å². The van der Waals surface area contributed by atoms with Gasteiger partial charge in [-0.3, -0.25) is 0 Å². The third-order valence-corrected chi connectivity index (χ3v) is 3.92. The Balaban J connectivity index is 1.57. The molecule has 7 nitrogen and oxygen atoms in total. The van der Waals surface area contributed by atoms with E-state index in [1.807, 2.05) is 25.5 Å². The lowest BCUT2D eigenvalue weighted by Crippen LogP contribution is -2.41. The summed E-state index contributed by atoms with van der Waals surface area (Å²) in [6.07, 6.45) is 3.92. The van der Waals surface area contributed by atoms with Gasteiger partial charge in [-0.15, -0.1) is 5.10 Å². The number of carbonyl (C=O) groups excluding carboxylic acids is 1. The van der Waals surface area contributed by atoms with Crippen LogP contribution in [-0.2, 0) is 4.74 Å². The van der Waals surface area contributed by atoms with Crippen LogP contribution in [0.4, 0.5) is 4.79 Å². The minimum absolute atomic E-state index is 0.220. The number of likely N-dealkylation sites (tertiary alicyclic amines) is 1. The minimum Gasteiger partial charge on any atom is -0.444 e. The molecular formula is C14H23N5O2. The van der Waals surface area contributed by atoms with Crippen molar-refractivity contribution in [2.45, 2.75) is 64.0 Å². The van der Waals surface area contributed by atoms with Crippen molar-refractivity contribution in [2.24, 2.45) is 0 Å². The second kappa shape index (κ2) is 5.27. The first-order valence-corrected chi connectivity index (χ1v) is 7.70. The molecule has 0 N–H and O–H groups in total. The second-order valence-corrected chi connectivity index (χ2v) is 6.95. The molecule has 7 heteroatoms. The number of piperidine rings is 1. The highest BCUT2D eigenvalue weighted by Gasteiger charge is 2.33. The molecule has 1 aromatic rings. The summed E-state index contributed by atoms with van der Waals surface area (Å²) in [7, 11) is 0. The van der Waals surface area contributed by atoms with Crippen LogP contribution in [0.15, 0.2) is 0 Å². The van der Waals surface area contributed by atoms with Gasteiger partial charge in [-0.25, -0.2) is 9.48 Å². The van der Waals surface area contributed by atoms with Crippen molar-refractivity contribution in [1.82, 2.24) is 25.1 Å². The number of amides is 1. The van der Waals surface area contributed by atoms with Crippen LogP contribution in [0.1, 0.15) is 64.2 Å². The average Bonchev–Trinajstić information content (AvgIpc) is 3.14. The molecule has 2 aliphatic rings. The van der Waals surface area contributed by atoms with Crippen LogP contribution < -0.4 is 0 Å². The van der Waals surface area contributed by atoms with Crippen molar-refractivity contribution >= 4 is 6.09 Å². The Kier molecular flexibility index (Phi) is 3.59. The molecule has 3 rings (SSSR count). The van der Waals surface area contributed by atoms with Crippen LogP contribution in [0.2, 0.25) is 0 Å². The van der Waals surface area contributed by atoms with Gasteiger partial charge in [-0.2, -0.15) is 0 Å². The predicted molar refractivity (Wildman–Crippen MR) is 75.9 cm³/mol. The number of hydrogen-bond acceptors (Lipinski definition) is 5. The van der Waals surface area contributed by atoms with E-state index < -0.39 is 5.60 Å². The Morgan fingerprint density at radius 2 is 1.86 bits per heavy atom. The number of ether oxygens (including phenoxy) is 1. The summed E-state index contributed by atoms with van der Waals surface area (Å²) in [6.45, 7) is 7.08. The maximum Gasteiger partial charge on any atom is 0.410 e. The topological polar surface area (TPSA) is 73.1 Å². The first-order chi connectivity index (χ1) is 9.94. The molecule has 0 spiro atoms. The Bertz CT molecular complexity index is 510. The lowest BCUT2D eigenvalue weighted by atomic mass is 9.96. The van der Waals surface area contributed by atoms with E-state index in [0.717, 1.165) is 18.7 Å². The van der Waals surface area contributed by atoms with E-state index in [1.165, 1.54) is 12.8 Å². The normalized spacial score (nSPS) is 20.6. The van der Waals surface area contributed by atoms with Gasteiger partial charge < -0.3 is 9.64 Å². The van der Waals surface area contributed by atoms with Gasteiger partial charge in [-0.1, -0.05) is 0 Å². The number of tetrazole rings is 1. The fraction of sp³-hybridized carbons (Fsp3) is 0.857. The number of aromatic nitrogens is 4. The third kappa shape index (κ3) is 3.33. The van der Waals surface area contributed by atoms with Crippen LogP contribution >= 0.6 is 0 Å². The lowest BCUT2D eigenvalue weighted by Gasteiger charge is -2.32. The molecule has 1 aliphatic heterocycles. The van der Waals surface area contributed by atoms with E-state index in [2.05, 4.69) is 15.5 Å². The van der Waals surface area contributed by atoms with Gasteiger partial charge in [0.05, 0.1) is 6.04 Å². The molecule has 1 aliphatic carbocycles. The fourth-order valence-electron chi connectivity index (χ4n) is 2.70. The molecule has 2 heterocycles. The number of nitrogens with zero attached hydrogens (tertiary/aromatic N) is 5. The largest absolute Gasteiger partial charge is 0.444 e. The molecule has 0 unspecified atom stereocenters. The summed E-state index contributed by atoms with van der Waals surface area (Å²) in [6, 6.07) is 0.499. The molecule has 1 aromatic heterocycles. The Hall–Kier alpha value is -1.66. The lowest BCUT2D eigenvalue weighted by molar-refractivity contribution is 0.0202. The van der Waals surface area contributed by atoms with Crippen molar-refractivity contribution in [3.05, 3.63) is 5.82 Å². The van der Waals surface area contributed by atoms with E-state index in [4.69, 9.17) is 4.74 Å². The second-order valence-electron chi connectivity index (χ2n) is 6.95. The number of carbonyl (C=O) groups is 1. The molecule has 2 fully saturated rings. The third-order valence-electron chi connectivity index (χ3n) is 3.92. The van der Waals surface area contributed by atoms with Crippen LogP contribution in [0.3, 0.4) is 0 Å². The number of hydrogen-bond donors (Lipinski definition) is 0. The Labute approximate surface area is 124 Å². The minimum atomic E-state index is -0.440. The summed E-state index contributed by atoms with van der Waals surface area (Å²) in [5, 5.41) is 12.1. The number of rotatable bonds is 2. The maximum atomic E-state index is 12.1. The SMILES string of the molecule is CC(C)(C)OC(=O)N1CCC(c2nnnn2C2CC2)CC1. The summed E-state index contributed by atoms with van der Waals surface area (Å²) >= 11 is 0. The van der Waals surface area contributed by atoms with E-state index in [-0.39, 0.29) is 6.09 Å². The zero-order valence-electron chi connectivity index (χ0n) is 12.9. The standard InChI is InChI=1S/C14H23N5O2/c1-14(2,3)21-13(20)18-8-6-10(7-9-18)12-15-16-17-19(12)11-4-5-11/h10-11H,4-9H2,1-3H3. The highest BCUT2D eigenvalue weighted by Crippen LogP contribution is 2.37. The first-order valence-electron chi connectivity index (χ1n) is 7.70. The zero-order valence-corrected chi connectivity index (χ0v) is 12.9. The molecule has 0 radical (unpaired) electrons. The molecule has 1 saturated carbocycles. The highest BCUT2D eigenvalue weighted by molar-refractivity contribution is 5.68. The summed E-state index contributed by atoms with van der Waals surface area (Å²) in [4.78, 5) is 13.8. The van der Waals surface area contributed by atoms with E-state index in [9.17, 15) is 4.79 Å². The summed E-state index contributed by atoms with van der Waals surface area (Å²) < 4.78 is 7.40. The average molecular weight is 293 g/mol. The van der Waals surface area contributed by atoms with Gasteiger partial charge in [0.15, 0.2) is 5.82 Å².